The minimum absolute atomic E-state index is 0.0320. The molecule has 1 fully saturated rings. The number of piperazine rings is 1. The lowest BCUT2D eigenvalue weighted by Crippen LogP contribution is -2.51. The molecular formula is C26H27N3O4. The van der Waals surface area contributed by atoms with E-state index in [1.54, 1.807) is 36.3 Å². The zero-order valence-electron chi connectivity index (χ0n) is 18.6. The predicted octanol–water partition coefficient (Wildman–Crippen LogP) is 3.57. The lowest BCUT2D eigenvalue weighted by Gasteiger charge is -2.36. The maximum absolute atomic E-state index is 12.6. The van der Waals surface area contributed by atoms with Gasteiger partial charge in [-0.15, -0.1) is 0 Å². The molecule has 0 unspecified atom stereocenters. The number of hydrogen-bond acceptors (Lipinski definition) is 5. The number of methoxy groups -OCH3 is 1. The second kappa shape index (κ2) is 10.5. The highest BCUT2D eigenvalue weighted by Gasteiger charge is 2.23. The van der Waals surface area contributed by atoms with E-state index in [1.807, 2.05) is 54.6 Å². The van der Waals surface area contributed by atoms with E-state index in [0.717, 1.165) is 17.2 Å². The van der Waals surface area contributed by atoms with Crippen LogP contribution in [0.25, 0.3) is 0 Å². The Balaban J connectivity index is 1.25. The van der Waals surface area contributed by atoms with Crippen LogP contribution in [0, 0.1) is 0 Å². The number of nitrogens with one attached hydrogen (secondary N) is 1. The average molecular weight is 446 g/mol. The summed E-state index contributed by atoms with van der Waals surface area (Å²) < 4.78 is 11.2. The van der Waals surface area contributed by atoms with Gasteiger partial charge in [-0.2, -0.15) is 0 Å². The minimum atomic E-state index is -0.290. The molecule has 0 bridgehead atoms. The molecular weight excluding hydrogens is 418 g/mol. The lowest BCUT2D eigenvalue weighted by molar-refractivity contribution is -0.130. The molecule has 4 rings (SSSR count). The van der Waals surface area contributed by atoms with Crippen molar-refractivity contribution < 1.29 is 19.1 Å². The van der Waals surface area contributed by atoms with Gasteiger partial charge in [0, 0.05) is 31.7 Å². The van der Waals surface area contributed by atoms with E-state index < -0.39 is 0 Å². The van der Waals surface area contributed by atoms with Gasteiger partial charge in [0.05, 0.1) is 19.3 Å². The first kappa shape index (κ1) is 22.2. The molecule has 1 heterocycles. The molecule has 1 aliphatic rings. The van der Waals surface area contributed by atoms with Crippen LogP contribution in [0.2, 0.25) is 0 Å². The first-order valence-corrected chi connectivity index (χ1v) is 10.9. The quantitative estimate of drug-likeness (QED) is 0.602. The number of para-hydroxylation sites is 3. The molecule has 1 N–H and O–H groups in total. The van der Waals surface area contributed by atoms with E-state index in [1.165, 1.54) is 0 Å². The number of nitrogens with zero attached hydrogens (tertiary/aromatic N) is 2. The first-order chi connectivity index (χ1) is 16.1. The van der Waals surface area contributed by atoms with Crippen LogP contribution in [-0.2, 0) is 4.79 Å². The molecule has 0 spiro atoms. The van der Waals surface area contributed by atoms with Crippen LogP contribution < -0.4 is 19.7 Å². The third kappa shape index (κ3) is 5.63. The number of hydrogen-bond donors (Lipinski definition) is 1. The van der Waals surface area contributed by atoms with Crippen molar-refractivity contribution in [2.24, 2.45) is 0 Å². The van der Waals surface area contributed by atoms with Gasteiger partial charge in [-0.25, -0.2) is 0 Å². The largest absolute Gasteiger partial charge is 0.495 e. The van der Waals surface area contributed by atoms with Crippen LogP contribution in [0.1, 0.15) is 10.4 Å². The highest BCUT2D eigenvalue weighted by Crippen LogP contribution is 2.28. The Hall–Kier alpha value is -4.00. The van der Waals surface area contributed by atoms with E-state index in [2.05, 4.69) is 10.2 Å². The minimum Gasteiger partial charge on any atom is -0.495 e. The number of anilines is 1. The van der Waals surface area contributed by atoms with Gasteiger partial charge >= 0.3 is 0 Å². The van der Waals surface area contributed by atoms with E-state index >= 15 is 0 Å². The Morgan fingerprint density at radius 3 is 2.15 bits per heavy atom. The Kier molecular flexibility index (Phi) is 7.09. The average Bonchev–Trinajstić information content (AvgIpc) is 2.88. The molecule has 0 radical (unpaired) electrons. The monoisotopic (exact) mass is 445 g/mol. The standard InChI is InChI=1S/C26H27N3O4/c1-32-24-10-6-5-9-23(24)28-15-17-29(18-16-28)25(30)19-27-26(31)20-11-13-22(14-12-20)33-21-7-3-2-4-8-21/h2-14H,15-19H2,1H3,(H,27,31). The lowest BCUT2D eigenvalue weighted by atomic mass is 10.2. The second-order valence-corrected chi connectivity index (χ2v) is 7.66. The summed E-state index contributed by atoms with van der Waals surface area (Å²) in [6.45, 7) is 2.58. The number of ether oxygens (including phenoxy) is 2. The maximum Gasteiger partial charge on any atom is 0.251 e. The van der Waals surface area contributed by atoms with Crippen molar-refractivity contribution in [2.75, 3.05) is 44.7 Å². The van der Waals surface area contributed by atoms with Crippen LogP contribution in [0.5, 0.6) is 17.2 Å². The molecule has 0 atom stereocenters. The maximum atomic E-state index is 12.6. The summed E-state index contributed by atoms with van der Waals surface area (Å²) in [7, 11) is 1.66. The second-order valence-electron chi connectivity index (χ2n) is 7.66. The summed E-state index contributed by atoms with van der Waals surface area (Å²) in [4.78, 5) is 29.1. The molecule has 0 aromatic heterocycles. The molecule has 1 aliphatic heterocycles. The van der Waals surface area contributed by atoms with E-state index in [0.29, 0.717) is 37.5 Å². The molecule has 2 amide bonds. The van der Waals surface area contributed by atoms with Crippen LogP contribution in [-0.4, -0.2) is 56.5 Å². The van der Waals surface area contributed by atoms with Gasteiger partial charge in [-0.1, -0.05) is 30.3 Å². The number of rotatable bonds is 7. The molecule has 7 heteroatoms. The molecule has 0 aliphatic carbocycles. The summed E-state index contributed by atoms with van der Waals surface area (Å²) in [5.74, 6) is 1.81. The summed E-state index contributed by atoms with van der Waals surface area (Å²) >= 11 is 0. The van der Waals surface area contributed by atoms with Gasteiger partial charge in [0.15, 0.2) is 0 Å². The highest BCUT2D eigenvalue weighted by atomic mass is 16.5. The Bertz CT molecular complexity index is 1080. The zero-order chi connectivity index (χ0) is 23.0. The number of carbonyl (C=O) groups excluding carboxylic acids is 2. The van der Waals surface area contributed by atoms with Crippen LogP contribution in [0.3, 0.4) is 0 Å². The molecule has 7 nitrogen and oxygen atoms in total. The Morgan fingerprint density at radius 2 is 1.45 bits per heavy atom. The number of amides is 2. The van der Waals surface area contributed by atoms with Crippen molar-refractivity contribution in [1.82, 2.24) is 10.2 Å². The van der Waals surface area contributed by atoms with Crippen LogP contribution in [0.4, 0.5) is 5.69 Å². The van der Waals surface area contributed by atoms with Gasteiger partial charge in [0.25, 0.3) is 5.91 Å². The van der Waals surface area contributed by atoms with Gasteiger partial charge in [0.1, 0.15) is 17.2 Å². The molecule has 0 saturated carbocycles. The SMILES string of the molecule is COc1ccccc1N1CCN(C(=O)CNC(=O)c2ccc(Oc3ccccc3)cc2)CC1. The zero-order valence-corrected chi connectivity index (χ0v) is 18.6. The van der Waals surface area contributed by atoms with E-state index in [-0.39, 0.29) is 18.4 Å². The fraction of sp³-hybridized carbons (Fsp3) is 0.231. The van der Waals surface area contributed by atoms with Crippen molar-refractivity contribution in [3.05, 3.63) is 84.4 Å². The van der Waals surface area contributed by atoms with Gasteiger partial charge in [-0.3, -0.25) is 9.59 Å². The summed E-state index contributed by atoms with van der Waals surface area (Å²) in [6.07, 6.45) is 0. The summed E-state index contributed by atoms with van der Waals surface area (Å²) in [6, 6.07) is 24.1. The smallest absolute Gasteiger partial charge is 0.251 e. The van der Waals surface area contributed by atoms with E-state index in [9.17, 15) is 9.59 Å². The van der Waals surface area contributed by atoms with Gasteiger partial charge in [0.2, 0.25) is 5.91 Å². The van der Waals surface area contributed by atoms with Crippen molar-refractivity contribution >= 4 is 17.5 Å². The molecule has 170 valence electrons. The third-order valence-corrected chi connectivity index (χ3v) is 5.55. The number of carbonyl (C=O) groups is 2. The fourth-order valence-corrected chi connectivity index (χ4v) is 3.76. The predicted molar refractivity (Wildman–Crippen MR) is 127 cm³/mol. The van der Waals surface area contributed by atoms with Crippen molar-refractivity contribution in [2.45, 2.75) is 0 Å². The number of benzene rings is 3. The Labute approximate surface area is 193 Å². The van der Waals surface area contributed by atoms with Crippen LogP contribution >= 0.6 is 0 Å². The topological polar surface area (TPSA) is 71.1 Å². The van der Waals surface area contributed by atoms with Crippen molar-refractivity contribution in [3.8, 4) is 17.2 Å². The highest BCUT2D eigenvalue weighted by molar-refractivity contribution is 5.96. The summed E-state index contributed by atoms with van der Waals surface area (Å²) in [5, 5.41) is 2.72. The van der Waals surface area contributed by atoms with Gasteiger partial charge in [-0.05, 0) is 48.5 Å². The van der Waals surface area contributed by atoms with E-state index in [4.69, 9.17) is 9.47 Å². The Morgan fingerprint density at radius 1 is 0.818 bits per heavy atom. The summed E-state index contributed by atoms with van der Waals surface area (Å²) in [5.41, 5.74) is 1.50. The fourth-order valence-electron chi connectivity index (χ4n) is 3.76. The van der Waals surface area contributed by atoms with Gasteiger partial charge < -0.3 is 24.6 Å². The first-order valence-electron chi connectivity index (χ1n) is 10.9. The van der Waals surface area contributed by atoms with Crippen molar-refractivity contribution in [1.29, 1.82) is 0 Å². The van der Waals surface area contributed by atoms with Crippen molar-refractivity contribution in [3.63, 3.8) is 0 Å². The third-order valence-electron chi connectivity index (χ3n) is 5.55. The molecule has 3 aromatic carbocycles. The molecule has 3 aromatic rings. The molecule has 1 saturated heterocycles. The van der Waals surface area contributed by atoms with Crippen LogP contribution in [0.15, 0.2) is 78.9 Å². The normalized spacial score (nSPS) is 13.4. The molecule has 33 heavy (non-hydrogen) atoms.